The van der Waals surface area contributed by atoms with Gasteiger partial charge in [0.15, 0.2) is 0 Å². The highest BCUT2D eigenvalue weighted by molar-refractivity contribution is 7.99. The number of nitrogen functional groups attached to an aromatic ring is 1. The van der Waals surface area contributed by atoms with Crippen LogP contribution in [0.1, 0.15) is 43.1 Å². The number of nitrogens with two attached hydrogens (primary N) is 1. The standard InChI is InChI=1S/C24H25N5O2S/c1-4-24(2,3)18-12-15(23(31)26-25)13-21(22(18)30)29-27-19-11-10-17(14-20(19)28-29)32-16-8-6-5-7-9-16/h5-14,30H,4,25H2,1-3H3,(H,26,31). The molecule has 7 nitrogen and oxygen atoms in total. The Hall–Kier alpha value is -3.36. The second-order valence-corrected chi connectivity index (χ2v) is 9.30. The number of nitrogens with one attached hydrogen (secondary N) is 1. The number of carbonyl (C=O) groups excluding carboxylic acids is 1. The van der Waals surface area contributed by atoms with Crippen molar-refractivity contribution in [1.29, 1.82) is 0 Å². The first-order chi connectivity index (χ1) is 15.3. The number of aromatic hydroxyl groups is 1. The van der Waals surface area contributed by atoms with E-state index in [1.165, 1.54) is 4.80 Å². The van der Waals surface area contributed by atoms with Crippen LogP contribution in [0.2, 0.25) is 0 Å². The van der Waals surface area contributed by atoms with E-state index in [-0.39, 0.29) is 11.2 Å². The average molecular weight is 448 g/mol. The van der Waals surface area contributed by atoms with E-state index in [4.69, 9.17) is 5.84 Å². The Balaban J connectivity index is 1.80. The second-order valence-electron chi connectivity index (χ2n) is 8.16. The number of rotatable bonds is 6. The van der Waals surface area contributed by atoms with E-state index in [2.05, 4.69) is 27.8 Å². The fourth-order valence-electron chi connectivity index (χ4n) is 3.38. The summed E-state index contributed by atoms with van der Waals surface area (Å²) < 4.78 is 0. The number of phenolic OH excluding ortho intramolecular Hbond substituents is 1. The van der Waals surface area contributed by atoms with Gasteiger partial charge in [0.2, 0.25) is 0 Å². The van der Waals surface area contributed by atoms with E-state index in [1.807, 2.05) is 57.2 Å². The van der Waals surface area contributed by atoms with E-state index in [1.54, 1.807) is 23.9 Å². The summed E-state index contributed by atoms with van der Waals surface area (Å²) in [6, 6.07) is 19.1. The number of phenols is 1. The van der Waals surface area contributed by atoms with Crippen molar-refractivity contribution in [3.8, 4) is 11.4 Å². The molecule has 0 saturated heterocycles. The van der Waals surface area contributed by atoms with Crippen molar-refractivity contribution in [3.05, 3.63) is 71.8 Å². The minimum atomic E-state index is -0.447. The highest BCUT2D eigenvalue weighted by Crippen LogP contribution is 2.38. The summed E-state index contributed by atoms with van der Waals surface area (Å²) in [6.07, 6.45) is 0.766. The molecule has 0 atom stereocenters. The lowest BCUT2D eigenvalue weighted by molar-refractivity contribution is 0.0953. The van der Waals surface area contributed by atoms with Gasteiger partial charge >= 0.3 is 0 Å². The molecule has 0 spiro atoms. The van der Waals surface area contributed by atoms with Crippen LogP contribution in [0.4, 0.5) is 0 Å². The van der Waals surface area contributed by atoms with Crippen molar-refractivity contribution < 1.29 is 9.90 Å². The van der Waals surface area contributed by atoms with Gasteiger partial charge in [-0.1, -0.05) is 50.7 Å². The number of nitrogens with zero attached hydrogens (tertiary/aromatic N) is 3. The number of hydrogen-bond donors (Lipinski definition) is 3. The largest absolute Gasteiger partial charge is 0.505 e. The van der Waals surface area contributed by atoms with Crippen LogP contribution < -0.4 is 11.3 Å². The molecule has 164 valence electrons. The Morgan fingerprint density at radius 2 is 1.78 bits per heavy atom. The van der Waals surface area contributed by atoms with Gasteiger partial charge in [-0.3, -0.25) is 10.2 Å². The minimum Gasteiger partial charge on any atom is -0.505 e. The molecule has 3 aromatic carbocycles. The molecule has 0 aliphatic carbocycles. The number of fused-ring (bicyclic) bond motifs is 1. The van der Waals surface area contributed by atoms with Crippen molar-refractivity contribution in [3.63, 3.8) is 0 Å². The number of amides is 1. The third kappa shape index (κ3) is 4.19. The van der Waals surface area contributed by atoms with Crippen molar-refractivity contribution in [2.45, 2.75) is 42.4 Å². The Kier molecular flexibility index (Phi) is 5.90. The van der Waals surface area contributed by atoms with E-state index >= 15 is 0 Å². The zero-order valence-electron chi connectivity index (χ0n) is 18.2. The molecule has 0 bridgehead atoms. The molecule has 0 fully saturated rings. The molecule has 1 heterocycles. The topological polar surface area (TPSA) is 106 Å². The fourth-order valence-corrected chi connectivity index (χ4v) is 4.25. The summed E-state index contributed by atoms with van der Waals surface area (Å²) in [5.74, 6) is 4.96. The first kappa shape index (κ1) is 21.9. The monoisotopic (exact) mass is 447 g/mol. The van der Waals surface area contributed by atoms with Crippen molar-refractivity contribution >= 4 is 28.7 Å². The fraction of sp³-hybridized carbons (Fsp3) is 0.208. The summed E-state index contributed by atoms with van der Waals surface area (Å²) >= 11 is 1.64. The Morgan fingerprint density at radius 1 is 1.06 bits per heavy atom. The number of aromatic nitrogens is 3. The van der Waals surface area contributed by atoms with Gasteiger partial charge in [0.05, 0.1) is 0 Å². The molecule has 1 aromatic heterocycles. The van der Waals surface area contributed by atoms with Crippen LogP contribution in [-0.4, -0.2) is 26.0 Å². The first-order valence-corrected chi connectivity index (χ1v) is 11.1. The second kappa shape index (κ2) is 8.64. The maximum absolute atomic E-state index is 12.3. The van der Waals surface area contributed by atoms with Gasteiger partial charge in [0.25, 0.3) is 5.91 Å². The summed E-state index contributed by atoms with van der Waals surface area (Å²) in [7, 11) is 0. The third-order valence-electron chi connectivity index (χ3n) is 5.64. The minimum absolute atomic E-state index is 0.0459. The third-order valence-corrected chi connectivity index (χ3v) is 6.64. The zero-order valence-corrected chi connectivity index (χ0v) is 19.0. The van der Waals surface area contributed by atoms with Crippen LogP contribution in [0.15, 0.2) is 70.5 Å². The molecule has 0 aliphatic rings. The van der Waals surface area contributed by atoms with Gasteiger partial charge in [-0.25, -0.2) is 5.84 Å². The van der Waals surface area contributed by atoms with Crippen LogP contribution >= 0.6 is 11.8 Å². The molecule has 0 radical (unpaired) electrons. The van der Waals surface area contributed by atoms with Crippen LogP contribution in [0.5, 0.6) is 5.75 Å². The van der Waals surface area contributed by atoms with E-state index in [0.717, 1.165) is 16.2 Å². The quantitative estimate of drug-likeness (QED) is 0.227. The van der Waals surface area contributed by atoms with Gasteiger partial charge in [0.1, 0.15) is 22.5 Å². The van der Waals surface area contributed by atoms with Crippen LogP contribution in [0.3, 0.4) is 0 Å². The predicted molar refractivity (Wildman–Crippen MR) is 126 cm³/mol. The van der Waals surface area contributed by atoms with Crippen LogP contribution in [0.25, 0.3) is 16.7 Å². The lowest BCUT2D eigenvalue weighted by atomic mass is 9.80. The molecule has 8 heteroatoms. The van der Waals surface area contributed by atoms with E-state index < -0.39 is 5.91 Å². The molecule has 0 unspecified atom stereocenters. The summed E-state index contributed by atoms with van der Waals surface area (Å²) in [5.41, 5.74) is 4.47. The highest BCUT2D eigenvalue weighted by Gasteiger charge is 2.27. The predicted octanol–water partition coefficient (Wildman–Crippen LogP) is 4.57. The number of carbonyl (C=O) groups is 1. The van der Waals surface area contributed by atoms with E-state index in [0.29, 0.717) is 27.8 Å². The normalized spacial score (nSPS) is 11.6. The molecule has 4 rings (SSSR count). The molecule has 32 heavy (non-hydrogen) atoms. The SMILES string of the molecule is CCC(C)(C)c1cc(C(=O)NN)cc(-n2nc3ccc(Sc4ccccc4)cc3n2)c1O. The highest BCUT2D eigenvalue weighted by atomic mass is 32.2. The van der Waals surface area contributed by atoms with Gasteiger partial charge < -0.3 is 5.11 Å². The molecular formula is C24H25N5O2S. The molecule has 4 aromatic rings. The van der Waals surface area contributed by atoms with Crippen molar-refractivity contribution in [2.75, 3.05) is 0 Å². The Morgan fingerprint density at radius 3 is 2.47 bits per heavy atom. The molecule has 0 aliphatic heterocycles. The molecular weight excluding hydrogens is 422 g/mol. The van der Waals surface area contributed by atoms with Gasteiger partial charge in [-0.2, -0.15) is 0 Å². The van der Waals surface area contributed by atoms with Gasteiger partial charge in [-0.15, -0.1) is 15.0 Å². The lowest BCUT2D eigenvalue weighted by Gasteiger charge is -2.26. The number of hydrazine groups is 1. The van der Waals surface area contributed by atoms with Crippen molar-refractivity contribution in [2.24, 2.45) is 5.84 Å². The zero-order chi connectivity index (χ0) is 22.9. The Labute approximate surface area is 190 Å². The maximum atomic E-state index is 12.3. The van der Waals surface area contributed by atoms with Gasteiger partial charge in [0, 0.05) is 20.9 Å². The summed E-state index contributed by atoms with van der Waals surface area (Å²) in [6.45, 7) is 6.05. The van der Waals surface area contributed by atoms with Crippen LogP contribution in [-0.2, 0) is 5.41 Å². The number of hydrogen-bond acceptors (Lipinski definition) is 6. The molecule has 1 amide bonds. The average Bonchev–Trinajstić information content (AvgIpc) is 3.22. The Bertz CT molecular complexity index is 1280. The van der Waals surface area contributed by atoms with E-state index in [9.17, 15) is 9.90 Å². The first-order valence-electron chi connectivity index (χ1n) is 10.3. The maximum Gasteiger partial charge on any atom is 0.265 e. The summed E-state index contributed by atoms with van der Waals surface area (Å²) in [4.78, 5) is 15.8. The number of benzene rings is 3. The lowest BCUT2D eigenvalue weighted by Crippen LogP contribution is -2.30. The summed E-state index contributed by atoms with van der Waals surface area (Å²) in [5, 5.41) is 20.2. The van der Waals surface area contributed by atoms with Crippen LogP contribution in [0, 0.1) is 0 Å². The smallest absolute Gasteiger partial charge is 0.265 e. The molecule has 0 saturated carbocycles. The van der Waals surface area contributed by atoms with Gasteiger partial charge in [-0.05, 0) is 54.3 Å². The molecule has 4 N–H and O–H groups in total. The van der Waals surface area contributed by atoms with Crippen molar-refractivity contribution in [1.82, 2.24) is 20.4 Å².